The molecular formula is C24H33. The third-order valence-electron chi connectivity index (χ3n) is 5.05. The Labute approximate surface area is 149 Å². The maximum Gasteiger partial charge on any atom is 0.0234 e. The van der Waals surface area contributed by atoms with Gasteiger partial charge in [-0.25, -0.2) is 0 Å². The Morgan fingerprint density at radius 3 is 1.67 bits per heavy atom. The van der Waals surface area contributed by atoms with Crippen LogP contribution in [0.4, 0.5) is 0 Å². The molecule has 0 nitrogen and oxygen atoms in total. The first kappa shape index (κ1) is 18.8. The molecule has 0 aliphatic heterocycles. The summed E-state index contributed by atoms with van der Waals surface area (Å²) in [4.78, 5) is 0. The van der Waals surface area contributed by atoms with Crippen molar-refractivity contribution >= 4 is 0 Å². The average Bonchev–Trinajstić information content (AvgIpc) is 2.65. The summed E-state index contributed by atoms with van der Waals surface area (Å²) in [6.45, 7) is 4.57. The summed E-state index contributed by atoms with van der Waals surface area (Å²) in [5.74, 6) is 0. The molecule has 0 saturated heterocycles. The van der Waals surface area contributed by atoms with E-state index in [1.165, 1.54) is 62.5 Å². The van der Waals surface area contributed by atoms with Crippen molar-refractivity contribution in [2.75, 3.05) is 0 Å². The molecule has 0 aromatic heterocycles. The Morgan fingerprint density at radius 2 is 1.17 bits per heavy atom. The van der Waals surface area contributed by atoms with Crippen LogP contribution in [0.15, 0.2) is 60.7 Å². The van der Waals surface area contributed by atoms with Crippen molar-refractivity contribution in [3.63, 3.8) is 0 Å². The van der Waals surface area contributed by atoms with E-state index in [4.69, 9.17) is 0 Å². The monoisotopic (exact) mass is 321 g/mol. The molecule has 0 spiro atoms. The Bertz CT molecular complexity index is 501. The zero-order valence-electron chi connectivity index (χ0n) is 15.5. The summed E-state index contributed by atoms with van der Waals surface area (Å²) < 4.78 is 0. The lowest BCUT2D eigenvalue weighted by molar-refractivity contribution is 0.478. The van der Waals surface area contributed by atoms with Gasteiger partial charge < -0.3 is 0 Å². The molecule has 0 aliphatic carbocycles. The summed E-state index contributed by atoms with van der Waals surface area (Å²) >= 11 is 0. The first-order valence-electron chi connectivity index (χ1n) is 9.79. The third-order valence-corrected chi connectivity index (χ3v) is 5.05. The van der Waals surface area contributed by atoms with E-state index in [-0.39, 0.29) is 5.41 Å². The van der Waals surface area contributed by atoms with Crippen LogP contribution in [-0.2, 0) is 5.41 Å². The van der Waals surface area contributed by atoms with E-state index >= 15 is 0 Å². The van der Waals surface area contributed by atoms with E-state index in [1.807, 2.05) is 0 Å². The normalized spacial score (nSPS) is 11.6. The lowest BCUT2D eigenvalue weighted by Gasteiger charge is -2.35. The number of hydrogen-bond donors (Lipinski definition) is 0. The van der Waals surface area contributed by atoms with Crippen LogP contribution >= 0.6 is 0 Å². The molecule has 0 N–H and O–H groups in total. The van der Waals surface area contributed by atoms with Crippen molar-refractivity contribution in [3.8, 4) is 0 Å². The highest BCUT2D eigenvalue weighted by atomic mass is 14.4. The predicted octanol–water partition coefficient (Wildman–Crippen LogP) is 7.34. The van der Waals surface area contributed by atoms with E-state index in [0.717, 1.165) is 0 Å². The molecule has 0 aliphatic rings. The molecular weight excluding hydrogens is 288 g/mol. The second kappa shape index (κ2) is 10.3. The Balaban J connectivity index is 2.34. The van der Waals surface area contributed by atoms with Crippen molar-refractivity contribution in [1.29, 1.82) is 0 Å². The van der Waals surface area contributed by atoms with Crippen LogP contribution in [0.25, 0.3) is 0 Å². The van der Waals surface area contributed by atoms with Crippen LogP contribution in [0.1, 0.15) is 76.3 Å². The predicted molar refractivity (Wildman–Crippen MR) is 106 cm³/mol. The van der Waals surface area contributed by atoms with Gasteiger partial charge >= 0.3 is 0 Å². The molecule has 129 valence electrons. The molecule has 0 heteroatoms. The van der Waals surface area contributed by atoms with E-state index in [2.05, 4.69) is 80.9 Å². The van der Waals surface area contributed by atoms with Crippen LogP contribution in [0, 0.1) is 6.42 Å². The third kappa shape index (κ3) is 4.97. The van der Waals surface area contributed by atoms with Crippen LogP contribution < -0.4 is 0 Å². The summed E-state index contributed by atoms with van der Waals surface area (Å²) in [6, 6.07) is 22.3. The fourth-order valence-electron chi connectivity index (χ4n) is 3.66. The van der Waals surface area contributed by atoms with Gasteiger partial charge in [0, 0.05) is 5.41 Å². The smallest absolute Gasteiger partial charge is 0.0234 e. The lowest BCUT2D eigenvalue weighted by Crippen LogP contribution is -2.28. The maximum atomic E-state index is 2.61. The van der Waals surface area contributed by atoms with Crippen LogP contribution in [-0.4, -0.2) is 0 Å². The number of benzene rings is 2. The van der Waals surface area contributed by atoms with Gasteiger partial charge in [0.25, 0.3) is 0 Å². The van der Waals surface area contributed by atoms with E-state index in [0.29, 0.717) is 0 Å². The molecule has 0 atom stereocenters. The highest BCUT2D eigenvalue weighted by Crippen LogP contribution is 2.41. The fourth-order valence-corrected chi connectivity index (χ4v) is 3.66. The second-order valence-electron chi connectivity index (χ2n) is 6.86. The highest BCUT2D eigenvalue weighted by Gasteiger charge is 2.33. The number of rotatable bonds is 11. The standard InChI is InChI=1S/C24H33/c1-3-5-7-15-21-24(20-14-6-4-2,22-16-10-8-11-17-22)23-18-12-9-13-19-23/h8-13,16-19,21H,3-7,14-15,20H2,1-2H3. The van der Waals surface area contributed by atoms with Crippen LogP contribution in [0.3, 0.4) is 0 Å². The van der Waals surface area contributed by atoms with Crippen molar-refractivity contribution in [2.45, 2.75) is 70.6 Å². The van der Waals surface area contributed by atoms with Gasteiger partial charge in [-0.3, -0.25) is 0 Å². The van der Waals surface area contributed by atoms with Gasteiger partial charge in [-0.1, -0.05) is 113 Å². The summed E-state index contributed by atoms with van der Waals surface area (Å²) in [6.07, 6.45) is 12.8. The minimum absolute atomic E-state index is 0.0609. The summed E-state index contributed by atoms with van der Waals surface area (Å²) in [5.41, 5.74) is 2.96. The zero-order chi connectivity index (χ0) is 17.1. The van der Waals surface area contributed by atoms with Gasteiger partial charge in [-0.2, -0.15) is 0 Å². The van der Waals surface area contributed by atoms with Crippen LogP contribution in [0.5, 0.6) is 0 Å². The van der Waals surface area contributed by atoms with Gasteiger partial charge in [0.1, 0.15) is 0 Å². The SMILES string of the molecule is CCCCC[CH]C(CCCCC)(c1ccccc1)c1ccccc1. The quantitative estimate of drug-likeness (QED) is 0.380. The van der Waals surface area contributed by atoms with Gasteiger partial charge in [-0.05, 0) is 30.4 Å². The van der Waals surface area contributed by atoms with Gasteiger partial charge in [0.2, 0.25) is 0 Å². The minimum Gasteiger partial charge on any atom is -0.0654 e. The van der Waals surface area contributed by atoms with Crippen molar-refractivity contribution in [3.05, 3.63) is 78.2 Å². The van der Waals surface area contributed by atoms with Crippen molar-refractivity contribution in [2.24, 2.45) is 0 Å². The molecule has 24 heavy (non-hydrogen) atoms. The molecule has 0 heterocycles. The highest BCUT2D eigenvalue weighted by molar-refractivity contribution is 5.42. The van der Waals surface area contributed by atoms with E-state index in [1.54, 1.807) is 0 Å². The molecule has 2 rings (SSSR count). The largest absolute Gasteiger partial charge is 0.0654 e. The topological polar surface area (TPSA) is 0 Å². The van der Waals surface area contributed by atoms with Crippen LogP contribution in [0.2, 0.25) is 0 Å². The molecule has 2 aromatic rings. The summed E-state index contributed by atoms with van der Waals surface area (Å²) in [5, 5.41) is 0. The Hall–Kier alpha value is -1.56. The van der Waals surface area contributed by atoms with Crippen molar-refractivity contribution < 1.29 is 0 Å². The van der Waals surface area contributed by atoms with Gasteiger partial charge in [-0.15, -0.1) is 0 Å². The molecule has 1 radical (unpaired) electrons. The molecule has 0 saturated carbocycles. The first-order chi connectivity index (χ1) is 11.8. The van der Waals surface area contributed by atoms with E-state index in [9.17, 15) is 0 Å². The summed E-state index contributed by atoms with van der Waals surface area (Å²) in [7, 11) is 0. The minimum atomic E-state index is 0.0609. The zero-order valence-corrected chi connectivity index (χ0v) is 15.5. The molecule has 0 unspecified atom stereocenters. The molecule has 2 aromatic carbocycles. The average molecular weight is 322 g/mol. The number of hydrogen-bond acceptors (Lipinski definition) is 0. The lowest BCUT2D eigenvalue weighted by atomic mass is 9.68. The van der Waals surface area contributed by atoms with Gasteiger partial charge in [0.15, 0.2) is 0 Å². The van der Waals surface area contributed by atoms with E-state index < -0.39 is 0 Å². The van der Waals surface area contributed by atoms with Gasteiger partial charge in [0.05, 0.1) is 0 Å². The molecule has 0 bridgehead atoms. The van der Waals surface area contributed by atoms with Crippen molar-refractivity contribution in [1.82, 2.24) is 0 Å². The molecule has 0 amide bonds. The maximum absolute atomic E-state index is 2.61. The molecule has 0 fully saturated rings. The fraction of sp³-hybridized carbons (Fsp3) is 0.458. The first-order valence-corrected chi connectivity index (χ1v) is 9.79. The number of unbranched alkanes of at least 4 members (excludes halogenated alkanes) is 5. The Kier molecular flexibility index (Phi) is 8.08. The second-order valence-corrected chi connectivity index (χ2v) is 6.86. The Morgan fingerprint density at radius 1 is 0.667 bits per heavy atom.